The first-order valence-corrected chi connectivity index (χ1v) is 19.6. The van der Waals surface area contributed by atoms with E-state index in [1.165, 1.54) is 17.7 Å². The molecule has 16 heteroatoms. The molecule has 13 nitrogen and oxygen atoms in total. The molecule has 1 amide bonds. The molecule has 6 heterocycles. The molecule has 0 spiro atoms. The lowest BCUT2D eigenvalue weighted by Crippen LogP contribution is -2.37. The summed E-state index contributed by atoms with van der Waals surface area (Å²) in [7, 11) is 0. The molecule has 0 saturated heterocycles. The van der Waals surface area contributed by atoms with Crippen molar-refractivity contribution in [2.75, 3.05) is 22.1 Å². The Morgan fingerprint density at radius 1 is 0.875 bits per heavy atom. The van der Waals surface area contributed by atoms with Crippen molar-refractivity contribution in [2.24, 2.45) is 5.92 Å². The number of rotatable bonds is 10. The second-order valence-corrected chi connectivity index (χ2v) is 16.1. The number of hydrogen-bond donors (Lipinski definition) is 2. The number of halogens is 3. The van der Waals surface area contributed by atoms with Crippen LogP contribution in [0.1, 0.15) is 52.2 Å². The topological polar surface area (TPSA) is 140 Å². The van der Waals surface area contributed by atoms with E-state index in [0.717, 1.165) is 50.9 Å². The largest absolute Gasteiger partial charge is 0.443 e. The van der Waals surface area contributed by atoms with E-state index in [2.05, 4.69) is 67.6 Å². The third-order valence-corrected chi connectivity index (χ3v) is 9.77. The number of nitrogens with one attached hydrogen (secondary N) is 2. The highest BCUT2D eigenvalue weighted by molar-refractivity contribution is 9.11. The molecule has 0 radical (unpaired) electrons. The second kappa shape index (κ2) is 17.8. The zero-order chi connectivity index (χ0) is 38.5. The van der Waals surface area contributed by atoms with E-state index in [4.69, 9.17) is 21.3 Å². The molecule has 1 fully saturated rings. The Morgan fingerprint density at radius 3 is 2.14 bits per heavy atom. The van der Waals surface area contributed by atoms with Gasteiger partial charge in [0, 0.05) is 60.6 Å². The summed E-state index contributed by atoms with van der Waals surface area (Å²) in [5, 5.41) is 16.3. The van der Waals surface area contributed by atoms with Crippen LogP contribution in [-0.4, -0.2) is 57.4 Å². The van der Waals surface area contributed by atoms with E-state index in [9.17, 15) is 4.79 Å². The number of anilines is 3. The van der Waals surface area contributed by atoms with E-state index >= 15 is 0 Å². The second-order valence-electron chi connectivity index (χ2n) is 14.0. The number of nitrogens with zero attached hydrogens (tertiary/aromatic N) is 9. The van der Waals surface area contributed by atoms with Gasteiger partial charge in [-0.15, -0.1) is 0 Å². The van der Waals surface area contributed by atoms with Crippen molar-refractivity contribution in [1.29, 1.82) is 0 Å². The van der Waals surface area contributed by atoms with Crippen molar-refractivity contribution < 1.29 is 9.53 Å². The molecule has 1 aromatic carbocycles. The van der Waals surface area contributed by atoms with Gasteiger partial charge in [0.2, 0.25) is 0 Å². The maximum Gasteiger partial charge on any atom is 0.416 e. The van der Waals surface area contributed by atoms with Crippen LogP contribution in [-0.2, 0) is 17.8 Å². The van der Waals surface area contributed by atoms with Crippen molar-refractivity contribution in [2.45, 2.75) is 59.7 Å². The molecule has 1 aliphatic carbocycles. The first-order chi connectivity index (χ1) is 26.5. The van der Waals surface area contributed by atoms with E-state index < -0.39 is 11.7 Å². The minimum atomic E-state index is -0.667. The SMILES string of the molecule is Brc1cnn2c(NCc3cccnc3)cc(NCC3CC3)nc12.C.CC(C)(C)OC(=O)N(Cc1cccnc1)c1cc(-c2ccc(Cl)cc2)nc2c(Br)cnn12. The van der Waals surface area contributed by atoms with E-state index in [0.29, 0.717) is 33.2 Å². The molecule has 0 unspecified atom stereocenters. The number of aromatic nitrogens is 8. The smallest absolute Gasteiger partial charge is 0.416 e. The van der Waals surface area contributed by atoms with Crippen LogP contribution in [0.15, 0.2) is 107 Å². The number of fused-ring (bicyclic) bond motifs is 2. The zero-order valence-electron chi connectivity index (χ0n) is 30.3. The molecule has 8 rings (SSSR count). The van der Waals surface area contributed by atoms with Crippen LogP contribution in [0.3, 0.4) is 0 Å². The summed E-state index contributed by atoms with van der Waals surface area (Å²) < 4.78 is 10.7. The average Bonchev–Trinajstić information content (AvgIpc) is 3.84. The van der Waals surface area contributed by atoms with Gasteiger partial charge in [0.25, 0.3) is 0 Å². The Kier molecular flexibility index (Phi) is 12.9. The number of hydrogen-bond acceptors (Lipinski definition) is 10. The Bertz CT molecular complexity index is 2400. The minimum absolute atomic E-state index is 0. The third kappa shape index (κ3) is 10.2. The molecular formula is C40H42Br2ClN11O2. The van der Waals surface area contributed by atoms with Crippen LogP contribution in [0.2, 0.25) is 5.02 Å². The van der Waals surface area contributed by atoms with Crippen LogP contribution >= 0.6 is 43.5 Å². The monoisotopic (exact) mass is 901 g/mol. The Labute approximate surface area is 347 Å². The summed E-state index contributed by atoms with van der Waals surface area (Å²) in [4.78, 5) is 32.5. The van der Waals surface area contributed by atoms with Crippen molar-refractivity contribution in [3.8, 4) is 11.3 Å². The highest BCUT2D eigenvalue weighted by Crippen LogP contribution is 2.31. The van der Waals surface area contributed by atoms with Gasteiger partial charge >= 0.3 is 6.09 Å². The minimum Gasteiger partial charge on any atom is -0.443 e. The van der Waals surface area contributed by atoms with Crippen LogP contribution in [0, 0.1) is 5.92 Å². The standard InChI is InChI=1S/C23H21BrClN5O2.C16H17BrN6.CH4/c1-23(2,3)32-22(31)29(14-15-5-4-10-26-12-15)20-11-19(16-6-8-17(25)9-7-16)28-21-18(24)13-27-30(20)21;17-13-10-21-23-15(20-9-12-2-1-5-18-7-12)6-14(22-16(13)23)19-8-11-3-4-11;/h4-13H,14H2,1-3H3;1-2,5-7,10-11,20H,3-4,8-9H2,(H,19,22);1H4. The van der Waals surface area contributed by atoms with Gasteiger partial charge in [-0.3, -0.25) is 14.9 Å². The van der Waals surface area contributed by atoms with Crippen molar-refractivity contribution in [3.05, 3.63) is 123 Å². The van der Waals surface area contributed by atoms with Gasteiger partial charge in [-0.1, -0.05) is 43.3 Å². The predicted octanol–water partition coefficient (Wildman–Crippen LogP) is 10.1. The van der Waals surface area contributed by atoms with Gasteiger partial charge in [-0.25, -0.2) is 14.8 Å². The Hall–Kier alpha value is -5.12. The number of amides is 1. The quantitative estimate of drug-likeness (QED) is 0.136. The van der Waals surface area contributed by atoms with Gasteiger partial charge in [0.15, 0.2) is 11.3 Å². The van der Waals surface area contributed by atoms with Crippen LogP contribution < -0.4 is 15.5 Å². The summed E-state index contributed by atoms with van der Waals surface area (Å²) in [6.45, 7) is 7.42. The van der Waals surface area contributed by atoms with Crippen molar-refractivity contribution >= 4 is 78.3 Å². The fourth-order valence-electron chi connectivity index (χ4n) is 5.53. The summed E-state index contributed by atoms with van der Waals surface area (Å²) in [6, 6.07) is 18.9. The van der Waals surface area contributed by atoms with Crippen LogP contribution in [0.5, 0.6) is 0 Å². The highest BCUT2D eigenvalue weighted by Gasteiger charge is 2.27. The van der Waals surface area contributed by atoms with Gasteiger partial charge < -0.3 is 15.4 Å². The highest BCUT2D eigenvalue weighted by atomic mass is 79.9. The zero-order valence-corrected chi connectivity index (χ0v) is 34.3. The lowest BCUT2D eigenvalue weighted by molar-refractivity contribution is 0.0575. The third-order valence-electron chi connectivity index (χ3n) is 8.40. The van der Waals surface area contributed by atoms with Crippen molar-refractivity contribution in [1.82, 2.24) is 39.2 Å². The Morgan fingerprint density at radius 2 is 1.52 bits per heavy atom. The van der Waals surface area contributed by atoms with Crippen molar-refractivity contribution in [3.63, 3.8) is 0 Å². The normalized spacial score (nSPS) is 12.4. The number of pyridine rings is 2. The Balaban J connectivity index is 0.000000196. The molecule has 0 atom stereocenters. The molecule has 290 valence electrons. The molecule has 0 aliphatic heterocycles. The van der Waals surface area contributed by atoms with E-state index in [1.807, 2.05) is 80.0 Å². The summed E-state index contributed by atoms with van der Waals surface area (Å²) in [6.07, 6.45) is 12.6. The number of carbonyl (C=O) groups is 1. The molecule has 1 aliphatic rings. The predicted molar refractivity (Wildman–Crippen MR) is 228 cm³/mol. The first kappa shape index (κ1) is 40.5. The van der Waals surface area contributed by atoms with Gasteiger partial charge in [-0.2, -0.15) is 19.2 Å². The maximum atomic E-state index is 13.3. The summed E-state index contributed by atoms with van der Waals surface area (Å²) >= 11 is 13.1. The molecule has 0 bridgehead atoms. The molecular weight excluding hydrogens is 862 g/mol. The fourth-order valence-corrected chi connectivity index (χ4v) is 6.35. The lowest BCUT2D eigenvalue weighted by atomic mass is 10.1. The first-order valence-electron chi connectivity index (χ1n) is 17.6. The van der Waals surface area contributed by atoms with Crippen LogP contribution in [0.4, 0.5) is 22.2 Å². The molecule has 6 aromatic heterocycles. The molecule has 56 heavy (non-hydrogen) atoms. The number of ether oxygens (including phenoxy) is 1. The summed E-state index contributed by atoms with van der Waals surface area (Å²) in [5.74, 6) is 3.10. The van der Waals surface area contributed by atoms with Gasteiger partial charge in [0.1, 0.15) is 23.1 Å². The molecule has 1 saturated carbocycles. The number of carbonyl (C=O) groups excluding carboxylic acids is 1. The summed E-state index contributed by atoms with van der Waals surface area (Å²) in [5.41, 5.74) is 4.22. The maximum absolute atomic E-state index is 13.3. The lowest BCUT2D eigenvalue weighted by Gasteiger charge is -2.28. The van der Waals surface area contributed by atoms with E-state index in [-0.39, 0.29) is 14.0 Å². The molecule has 7 aromatic rings. The fraction of sp³-hybridized carbons (Fsp3) is 0.275. The molecule has 2 N–H and O–H groups in total. The average molecular weight is 904 g/mol. The van der Waals surface area contributed by atoms with Gasteiger partial charge in [-0.05, 0) is 107 Å². The van der Waals surface area contributed by atoms with E-state index in [1.54, 1.807) is 47.6 Å². The number of benzene rings is 1. The van der Waals surface area contributed by atoms with Crippen LogP contribution in [0.25, 0.3) is 22.6 Å². The van der Waals surface area contributed by atoms with Gasteiger partial charge in [0.05, 0.1) is 33.6 Å².